The number of aliphatic carboxylic acids is 1. The summed E-state index contributed by atoms with van der Waals surface area (Å²) >= 11 is 0. The van der Waals surface area contributed by atoms with Crippen LogP contribution in [0.15, 0.2) is 48.6 Å². The Bertz CT molecular complexity index is 1060. The number of carboxylic acids is 1. The van der Waals surface area contributed by atoms with Crippen LogP contribution in [0.1, 0.15) is 187 Å². The van der Waals surface area contributed by atoms with Gasteiger partial charge in [0.1, 0.15) is 12.6 Å². The van der Waals surface area contributed by atoms with Gasteiger partial charge in [-0.15, -0.1) is 0 Å². The van der Waals surface area contributed by atoms with Gasteiger partial charge in [0.25, 0.3) is 0 Å². The van der Waals surface area contributed by atoms with E-state index in [2.05, 4.69) is 62.5 Å². The molecule has 0 aliphatic rings. The van der Waals surface area contributed by atoms with Gasteiger partial charge in [-0.3, -0.25) is 9.59 Å². The molecule has 0 aromatic carbocycles. The molecule has 0 heterocycles. The summed E-state index contributed by atoms with van der Waals surface area (Å²) in [5, 5.41) is 11.6. The maximum absolute atomic E-state index is 12.7. The van der Waals surface area contributed by atoms with Crippen LogP contribution >= 0.6 is 0 Å². The number of allylic oxidation sites excluding steroid dienone is 8. The molecule has 2 atom stereocenters. The minimum absolute atomic E-state index is 0.0357. The lowest BCUT2D eigenvalue weighted by atomic mass is 10.0. The van der Waals surface area contributed by atoms with Crippen molar-refractivity contribution in [2.45, 2.75) is 199 Å². The van der Waals surface area contributed by atoms with Crippen molar-refractivity contribution in [2.75, 3.05) is 41.0 Å². The van der Waals surface area contributed by atoms with Crippen molar-refractivity contribution >= 4 is 17.9 Å². The van der Waals surface area contributed by atoms with Crippen LogP contribution in [-0.2, 0) is 28.6 Å². The highest BCUT2D eigenvalue weighted by Gasteiger charge is 2.25. The topological polar surface area (TPSA) is 102 Å². The molecule has 0 radical (unpaired) electrons. The standard InChI is InChI=1S/C48H85NO7/c1-6-8-10-12-14-16-18-20-21-22-23-24-25-27-29-31-33-35-37-39-47(51)56-44(42-54-41-40-45(48(52)53)49(3,4)5)43-55-46(50)38-36-34-32-30-28-26-19-17-15-13-11-9-7-2/h8,10,14,16,20-21,23-24,44-45H,6-7,9,11-13,15,17-19,22,25-43H2,1-5H3/b10-8-,16-14-,21-20-,24-23-. The number of carbonyl (C=O) groups is 3. The highest BCUT2D eigenvalue weighted by molar-refractivity contribution is 5.70. The molecule has 0 N–H and O–H groups in total. The van der Waals surface area contributed by atoms with Crippen LogP contribution in [0.2, 0.25) is 0 Å². The third-order valence-corrected chi connectivity index (χ3v) is 9.98. The van der Waals surface area contributed by atoms with Gasteiger partial charge in [-0.2, -0.15) is 0 Å². The molecule has 0 saturated carbocycles. The van der Waals surface area contributed by atoms with E-state index in [0.717, 1.165) is 77.0 Å². The van der Waals surface area contributed by atoms with Crippen molar-refractivity contribution in [3.05, 3.63) is 48.6 Å². The molecule has 56 heavy (non-hydrogen) atoms. The molecular weight excluding hydrogens is 703 g/mol. The molecule has 0 saturated heterocycles. The van der Waals surface area contributed by atoms with E-state index in [9.17, 15) is 19.5 Å². The van der Waals surface area contributed by atoms with Crippen LogP contribution in [0.5, 0.6) is 0 Å². The number of carboxylic acid groups (broad SMARTS) is 1. The first-order chi connectivity index (χ1) is 27.1. The number of quaternary nitrogens is 1. The van der Waals surface area contributed by atoms with Crippen LogP contribution in [0.4, 0.5) is 0 Å². The predicted molar refractivity (Wildman–Crippen MR) is 231 cm³/mol. The molecular formula is C48H85NO7. The van der Waals surface area contributed by atoms with E-state index in [4.69, 9.17) is 14.2 Å². The first-order valence-electron chi connectivity index (χ1n) is 22.7. The number of hydrogen-bond acceptors (Lipinski definition) is 7. The minimum atomic E-state index is -1.13. The Morgan fingerprint density at radius 2 is 1.00 bits per heavy atom. The molecule has 0 spiro atoms. The largest absolute Gasteiger partial charge is 0.544 e. The van der Waals surface area contributed by atoms with E-state index in [1.165, 1.54) is 77.0 Å². The third kappa shape index (κ3) is 36.9. The molecule has 0 aliphatic heterocycles. The third-order valence-electron chi connectivity index (χ3n) is 9.98. The zero-order valence-corrected chi connectivity index (χ0v) is 36.8. The zero-order valence-electron chi connectivity index (χ0n) is 36.8. The maximum Gasteiger partial charge on any atom is 0.306 e. The molecule has 0 fully saturated rings. The monoisotopic (exact) mass is 788 g/mol. The quantitative estimate of drug-likeness (QED) is 0.0264. The highest BCUT2D eigenvalue weighted by Crippen LogP contribution is 2.15. The van der Waals surface area contributed by atoms with Gasteiger partial charge in [0.15, 0.2) is 6.10 Å². The fourth-order valence-corrected chi connectivity index (χ4v) is 6.47. The fraction of sp³-hybridized carbons (Fsp3) is 0.771. The lowest BCUT2D eigenvalue weighted by molar-refractivity contribution is -0.889. The number of carbonyl (C=O) groups excluding carboxylic acids is 3. The lowest BCUT2D eigenvalue weighted by Crippen LogP contribution is -2.55. The Hall–Kier alpha value is -2.71. The van der Waals surface area contributed by atoms with E-state index in [-0.39, 0.29) is 42.7 Å². The molecule has 0 aliphatic carbocycles. The first kappa shape index (κ1) is 53.3. The Labute approximate surface area is 344 Å². The number of esters is 2. The van der Waals surface area contributed by atoms with Gasteiger partial charge in [-0.25, -0.2) is 0 Å². The molecule has 0 amide bonds. The summed E-state index contributed by atoms with van der Waals surface area (Å²) in [5.74, 6) is -1.75. The van der Waals surface area contributed by atoms with Gasteiger partial charge in [-0.05, 0) is 51.4 Å². The van der Waals surface area contributed by atoms with Gasteiger partial charge in [0, 0.05) is 19.3 Å². The zero-order chi connectivity index (χ0) is 41.4. The van der Waals surface area contributed by atoms with Crippen LogP contribution in [0.3, 0.4) is 0 Å². The molecule has 0 aromatic heterocycles. The van der Waals surface area contributed by atoms with Crippen LogP contribution in [-0.4, -0.2) is 75.5 Å². The molecule has 2 unspecified atom stereocenters. The number of unbranched alkanes of at least 4 members (excludes halogenated alkanes) is 18. The van der Waals surface area contributed by atoms with E-state index >= 15 is 0 Å². The lowest BCUT2D eigenvalue weighted by Gasteiger charge is -2.34. The number of rotatable bonds is 40. The average molecular weight is 788 g/mol. The van der Waals surface area contributed by atoms with Crippen molar-refractivity contribution in [3.8, 4) is 0 Å². The average Bonchev–Trinajstić information content (AvgIpc) is 3.15. The van der Waals surface area contributed by atoms with Gasteiger partial charge in [0.2, 0.25) is 0 Å². The summed E-state index contributed by atoms with van der Waals surface area (Å²) in [4.78, 5) is 36.9. The first-order valence-corrected chi connectivity index (χ1v) is 22.7. The number of ether oxygens (including phenoxy) is 3. The number of nitrogens with zero attached hydrogens (tertiary/aromatic N) is 1. The maximum atomic E-state index is 12.7. The second-order valence-electron chi connectivity index (χ2n) is 16.3. The van der Waals surface area contributed by atoms with Crippen molar-refractivity contribution in [3.63, 3.8) is 0 Å². The Morgan fingerprint density at radius 1 is 0.554 bits per heavy atom. The van der Waals surface area contributed by atoms with Crippen LogP contribution in [0, 0.1) is 0 Å². The Balaban J connectivity index is 4.34. The van der Waals surface area contributed by atoms with Gasteiger partial charge in [0.05, 0.1) is 40.3 Å². The van der Waals surface area contributed by atoms with Crippen molar-refractivity contribution in [1.29, 1.82) is 0 Å². The summed E-state index contributed by atoms with van der Waals surface area (Å²) in [7, 11) is 5.40. The number of likely N-dealkylation sites (N-methyl/N-ethyl adjacent to an activating group) is 1. The summed E-state index contributed by atoms with van der Waals surface area (Å²) in [6.45, 7) is 4.54. The van der Waals surface area contributed by atoms with E-state index < -0.39 is 18.1 Å². The molecule has 0 bridgehead atoms. The molecule has 8 heteroatoms. The Kier molecular flexibility index (Phi) is 37.2. The van der Waals surface area contributed by atoms with E-state index in [1.807, 2.05) is 0 Å². The molecule has 8 nitrogen and oxygen atoms in total. The highest BCUT2D eigenvalue weighted by atomic mass is 16.6. The normalized spacial score (nSPS) is 13.4. The van der Waals surface area contributed by atoms with Crippen molar-refractivity contribution in [1.82, 2.24) is 0 Å². The van der Waals surface area contributed by atoms with Crippen molar-refractivity contribution < 1.29 is 38.2 Å². The molecule has 0 rings (SSSR count). The smallest absolute Gasteiger partial charge is 0.306 e. The second kappa shape index (κ2) is 39.1. The van der Waals surface area contributed by atoms with Crippen molar-refractivity contribution in [2.24, 2.45) is 0 Å². The SMILES string of the molecule is CC/C=C\C/C=C\C/C=C\C/C=C\CCCCCCCCC(=O)OC(COCCC(C(=O)[O-])[N+](C)(C)C)COC(=O)CCCCCCCCCCCCCCC. The Morgan fingerprint density at radius 3 is 1.48 bits per heavy atom. The van der Waals surface area contributed by atoms with Crippen LogP contribution in [0.25, 0.3) is 0 Å². The van der Waals surface area contributed by atoms with E-state index in [1.54, 1.807) is 21.1 Å². The van der Waals surface area contributed by atoms with Gasteiger partial charge >= 0.3 is 11.9 Å². The fourth-order valence-electron chi connectivity index (χ4n) is 6.47. The molecule has 324 valence electrons. The second-order valence-corrected chi connectivity index (χ2v) is 16.3. The minimum Gasteiger partial charge on any atom is -0.544 e. The number of hydrogen-bond donors (Lipinski definition) is 0. The summed E-state index contributed by atoms with van der Waals surface area (Å²) in [5.41, 5.74) is 0. The molecule has 0 aromatic rings. The summed E-state index contributed by atoms with van der Waals surface area (Å²) in [6, 6.07) is -0.728. The van der Waals surface area contributed by atoms with Gasteiger partial charge < -0.3 is 28.6 Å². The summed E-state index contributed by atoms with van der Waals surface area (Å²) in [6.07, 6.45) is 45.6. The predicted octanol–water partition coefficient (Wildman–Crippen LogP) is 11.1. The van der Waals surface area contributed by atoms with Crippen LogP contribution < -0.4 is 5.11 Å². The van der Waals surface area contributed by atoms with E-state index in [0.29, 0.717) is 12.8 Å². The van der Waals surface area contributed by atoms with Gasteiger partial charge in [-0.1, -0.05) is 165 Å². The summed E-state index contributed by atoms with van der Waals surface area (Å²) < 4.78 is 17.2.